The molecule has 4 unspecified atom stereocenters. The van der Waals surface area contributed by atoms with Crippen molar-refractivity contribution in [3.8, 4) is 0 Å². The van der Waals surface area contributed by atoms with Crippen molar-refractivity contribution in [3.05, 3.63) is 11.6 Å². The molecule has 5 aliphatic carbocycles. The fraction of sp³-hybridized carbons (Fsp3) is 0.867. The largest absolute Gasteiger partial charge is 0.481 e. The monoisotopic (exact) mass is 470 g/mol. The molecule has 34 heavy (non-hydrogen) atoms. The number of hydrogen-bond donors (Lipinski definition) is 2. The lowest BCUT2D eigenvalue weighted by Crippen LogP contribution is -2.66. The second-order valence-electron chi connectivity index (χ2n) is 14.9. The van der Waals surface area contributed by atoms with E-state index in [1.165, 1.54) is 5.57 Å². The molecule has 4 fully saturated rings. The quantitative estimate of drug-likeness (QED) is 0.464. The summed E-state index contributed by atoms with van der Waals surface area (Å²) in [6.07, 6.45) is 9.95. The minimum absolute atomic E-state index is 0.0296. The Balaban J connectivity index is 1.62. The maximum Gasteiger partial charge on any atom is 0.309 e. The third-order valence-electron chi connectivity index (χ3n) is 13.1. The van der Waals surface area contributed by atoms with Crippen LogP contribution >= 0.6 is 0 Å². The predicted octanol–water partition coefficient (Wildman–Crippen LogP) is 6.41. The number of carboxylic acid groups (broad SMARTS) is 1. The van der Waals surface area contributed by atoms with Crippen LogP contribution in [0.3, 0.4) is 0 Å². The summed E-state index contributed by atoms with van der Waals surface area (Å²) in [4.78, 5) is 26.4. The van der Waals surface area contributed by atoms with Crippen LogP contribution in [-0.4, -0.2) is 28.1 Å². The highest BCUT2D eigenvalue weighted by Crippen LogP contribution is 2.75. The number of aliphatic carboxylic acids is 1. The van der Waals surface area contributed by atoms with Crippen LogP contribution in [0.4, 0.5) is 0 Å². The summed E-state index contributed by atoms with van der Waals surface area (Å²) in [5.74, 6) is 0.0603. The van der Waals surface area contributed by atoms with E-state index in [-0.39, 0.29) is 50.8 Å². The van der Waals surface area contributed by atoms with Gasteiger partial charge in [-0.1, -0.05) is 47.1 Å². The molecule has 4 saturated carbocycles. The third-order valence-corrected chi connectivity index (χ3v) is 13.1. The van der Waals surface area contributed by atoms with Crippen LogP contribution in [0.1, 0.15) is 106 Å². The standard InChI is InChI=1S/C30H46O4/c1-25(2)21-8-11-30(7)23(28(21,5)10-9-22(25)32)20(31)16-18-19-17-27(4,24(33)34)13-12-26(19,3)14-15-29(18,30)6/h16,19,21-23,32H,8-15,17H2,1-7H3,(H,33,34)/t19-,21?,22?,23?,26-,27-,28+,29?,30-/m0/s1. The molecule has 0 aromatic carbocycles. The van der Waals surface area contributed by atoms with E-state index in [4.69, 9.17) is 0 Å². The summed E-state index contributed by atoms with van der Waals surface area (Å²) in [5.41, 5.74) is 0.142. The van der Waals surface area contributed by atoms with Crippen molar-refractivity contribution < 1.29 is 19.8 Å². The molecule has 0 aromatic heterocycles. The van der Waals surface area contributed by atoms with Crippen LogP contribution < -0.4 is 0 Å². The van der Waals surface area contributed by atoms with Crippen molar-refractivity contribution in [2.24, 2.45) is 50.2 Å². The summed E-state index contributed by atoms with van der Waals surface area (Å²) < 4.78 is 0. The zero-order valence-electron chi connectivity index (χ0n) is 22.5. The molecule has 4 nitrogen and oxygen atoms in total. The van der Waals surface area contributed by atoms with E-state index in [0.29, 0.717) is 12.3 Å². The van der Waals surface area contributed by atoms with E-state index in [1.54, 1.807) is 0 Å². The van der Waals surface area contributed by atoms with Crippen molar-refractivity contribution in [1.29, 1.82) is 0 Å². The first kappa shape index (κ1) is 24.5. The van der Waals surface area contributed by atoms with Gasteiger partial charge in [-0.15, -0.1) is 0 Å². The second kappa shape index (κ2) is 6.99. The van der Waals surface area contributed by atoms with Gasteiger partial charge < -0.3 is 10.2 Å². The number of aliphatic hydroxyl groups is 1. The molecule has 0 aliphatic heterocycles. The van der Waals surface area contributed by atoms with E-state index in [2.05, 4.69) is 41.5 Å². The molecule has 0 saturated heterocycles. The molecule has 0 bridgehead atoms. The zero-order valence-corrected chi connectivity index (χ0v) is 22.5. The Hall–Kier alpha value is -1.16. The van der Waals surface area contributed by atoms with Crippen molar-refractivity contribution in [2.45, 2.75) is 112 Å². The number of allylic oxidation sites excluding steroid dienone is 2. The maximum atomic E-state index is 14.2. The van der Waals surface area contributed by atoms with E-state index >= 15 is 0 Å². The highest BCUT2D eigenvalue weighted by molar-refractivity contribution is 5.95. The highest BCUT2D eigenvalue weighted by atomic mass is 16.4. The van der Waals surface area contributed by atoms with Crippen molar-refractivity contribution in [1.82, 2.24) is 0 Å². The van der Waals surface area contributed by atoms with E-state index < -0.39 is 11.4 Å². The number of carbonyl (C=O) groups is 2. The van der Waals surface area contributed by atoms with Gasteiger partial charge in [-0.2, -0.15) is 0 Å². The number of hydrogen-bond acceptors (Lipinski definition) is 3. The molecular formula is C30H46O4. The van der Waals surface area contributed by atoms with Gasteiger partial charge in [0.2, 0.25) is 0 Å². The summed E-state index contributed by atoms with van der Waals surface area (Å²) >= 11 is 0. The maximum absolute atomic E-state index is 14.2. The molecule has 0 heterocycles. The van der Waals surface area contributed by atoms with E-state index in [0.717, 1.165) is 51.4 Å². The summed E-state index contributed by atoms with van der Waals surface area (Å²) in [6.45, 7) is 15.8. The van der Waals surface area contributed by atoms with Crippen LogP contribution in [0.25, 0.3) is 0 Å². The number of aliphatic hydroxyl groups excluding tert-OH is 1. The first-order valence-corrected chi connectivity index (χ1v) is 13.7. The lowest BCUT2D eigenvalue weighted by atomic mass is 9.33. The van der Waals surface area contributed by atoms with Gasteiger partial charge in [-0.05, 0) is 110 Å². The molecular weight excluding hydrogens is 424 g/mol. The van der Waals surface area contributed by atoms with Crippen LogP contribution in [0.2, 0.25) is 0 Å². The fourth-order valence-corrected chi connectivity index (χ4v) is 10.4. The lowest BCUT2D eigenvalue weighted by molar-refractivity contribution is -0.202. The first-order chi connectivity index (χ1) is 15.6. The Labute approximate surface area is 206 Å². The summed E-state index contributed by atoms with van der Waals surface area (Å²) in [6, 6.07) is 0. The Morgan fingerprint density at radius 2 is 1.56 bits per heavy atom. The van der Waals surface area contributed by atoms with Gasteiger partial charge >= 0.3 is 5.97 Å². The van der Waals surface area contributed by atoms with Crippen molar-refractivity contribution in [3.63, 3.8) is 0 Å². The Morgan fingerprint density at radius 1 is 0.912 bits per heavy atom. The zero-order chi connectivity index (χ0) is 25.1. The van der Waals surface area contributed by atoms with Gasteiger partial charge in [-0.3, -0.25) is 9.59 Å². The smallest absolute Gasteiger partial charge is 0.309 e. The highest BCUT2D eigenvalue weighted by Gasteiger charge is 2.70. The molecule has 2 N–H and O–H groups in total. The van der Waals surface area contributed by atoms with Gasteiger partial charge in [-0.25, -0.2) is 0 Å². The normalized spacial score (nSPS) is 54.1. The molecule has 9 atom stereocenters. The van der Waals surface area contributed by atoms with Gasteiger partial charge in [0.25, 0.3) is 0 Å². The minimum atomic E-state index is -0.711. The van der Waals surface area contributed by atoms with Gasteiger partial charge in [0.15, 0.2) is 5.78 Å². The molecule has 0 spiro atoms. The summed E-state index contributed by atoms with van der Waals surface area (Å²) in [7, 11) is 0. The molecule has 0 aromatic rings. The average molecular weight is 471 g/mol. The van der Waals surface area contributed by atoms with E-state index in [9.17, 15) is 19.8 Å². The molecule has 0 amide bonds. The number of carbonyl (C=O) groups excluding carboxylic acids is 1. The minimum Gasteiger partial charge on any atom is -0.481 e. The predicted molar refractivity (Wildman–Crippen MR) is 133 cm³/mol. The summed E-state index contributed by atoms with van der Waals surface area (Å²) in [5, 5.41) is 20.9. The molecule has 0 radical (unpaired) electrons. The first-order valence-electron chi connectivity index (χ1n) is 13.7. The van der Waals surface area contributed by atoms with Gasteiger partial charge in [0.05, 0.1) is 11.5 Å². The molecule has 190 valence electrons. The van der Waals surface area contributed by atoms with Crippen molar-refractivity contribution >= 4 is 11.8 Å². The molecule has 5 aliphatic rings. The van der Waals surface area contributed by atoms with Crippen LogP contribution in [0.15, 0.2) is 11.6 Å². The Kier molecular flexibility index (Phi) is 5.04. The van der Waals surface area contributed by atoms with Crippen LogP contribution in [-0.2, 0) is 9.59 Å². The Morgan fingerprint density at radius 3 is 2.21 bits per heavy atom. The van der Waals surface area contributed by atoms with Gasteiger partial charge in [0.1, 0.15) is 0 Å². The number of fused-ring (bicyclic) bond motifs is 7. The Bertz CT molecular complexity index is 965. The van der Waals surface area contributed by atoms with Crippen LogP contribution in [0, 0.1) is 50.2 Å². The number of rotatable bonds is 1. The van der Waals surface area contributed by atoms with Crippen molar-refractivity contribution in [2.75, 3.05) is 0 Å². The van der Waals surface area contributed by atoms with Crippen LogP contribution in [0.5, 0.6) is 0 Å². The van der Waals surface area contributed by atoms with Gasteiger partial charge in [0, 0.05) is 5.92 Å². The number of ketones is 1. The molecule has 4 heteroatoms. The third kappa shape index (κ3) is 2.81. The fourth-order valence-electron chi connectivity index (χ4n) is 10.4. The molecule has 5 rings (SSSR count). The second-order valence-corrected chi connectivity index (χ2v) is 14.9. The topological polar surface area (TPSA) is 74.6 Å². The lowest BCUT2D eigenvalue weighted by Gasteiger charge is -2.70. The average Bonchev–Trinajstić information content (AvgIpc) is 2.73. The number of carboxylic acids is 1. The SMILES string of the molecule is CC1(C)C(O)CC[C@]2(C)C1CC[C@@]1(C)C2C(=O)C=C2[C@@H]3C[C@@](C)(C(=O)O)CC[C@@]3(C)CCC21C. The van der Waals surface area contributed by atoms with E-state index in [1.807, 2.05) is 13.0 Å².